The molecule has 1 saturated carbocycles. The van der Waals surface area contributed by atoms with Crippen LogP contribution in [0.3, 0.4) is 0 Å². The standard InChI is InChI=1S/C16H26N2/c1-16(2,17)12-18-15-10-8-14(9-11-15)13-6-4-3-5-7-13/h3-7,14-15,18H,8-12,17H2,1-2H3. The van der Waals surface area contributed by atoms with Crippen molar-refractivity contribution in [2.24, 2.45) is 5.73 Å². The maximum Gasteiger partial charge on any atom is 0.0223 e. The lowest BCUT2D eigenvalue weighted by atomic mass is 9.81. The maximum atomic E-state index is 6.01. The molecule has 0 unspecified atom stereocenters. The summed E-state index contributed by atoms with van der Waals surface area (Å²) in [7, 11) is 0. The lowest BCUT2D eigenvalue weighted by Crippen LogP contribution is -2.47. The highest BCUT2D eigenvalue weighted by atomic mass is 15.0. The van der Waals surface area contributed by atoms with Crippen molar-refractivity contribution in [3.8, 4) is 0 Å². The topological polar surface area (TPSA) is 38.0 Å². The van der Waals surface area contributed by atoms with Gasteiger partial charge in [-0.1, -0.05) is 30.3 Å². The van der Waals surface area contributed by atoms with Crippen LogP contribution in [0.5, 0.6) is 0 Å². The summed E-state index contributed by atoms with van der Waals surface area (Å²) >= 11 is 0. The Hall–Kier alpha value is -0.860. The average molecular weight is 246 g/mol. The summed E-state index contributed by atoms with van der Waals surface area (Å²) < 4.78 is 0. The Balaban J connectivity index is 1.78. The van der Waals surface area contributed by atoms with E-state index in [0.29, 0.717) is 6.04 Å². The van der Waals surface area contributed by atoms with Gasteiger partial charge in [0.1, 0.15) is 0 Å². The zero-order valence-corrected chi connectivity index (χ0v) is 11.7. The van der Waals surface area contributed by atoms with E-state index in [1.807, 2.05) is 0 Å². The number of rotatable bonds is 4. The molecule has 0 atom stereocenters. The number of nitrogens with two attached hydrogens (primary N) is 1. The second-order valence-electron chi connectivity index (χ2n) is 6.33. The van der Waals surface area contributed by atoms with Gasteiger partial charge in [0.2, 0.25) is 0 Å². The zero-order chi connectivity index (χ0) is 13.0. The Morgan fingerprint density at radius 2 is 1.72 bits per heavy atom. The third kappa shape index (κ3) is 4.11. The minimum Gasteiger partial charge on any atom is -0.324 e. The minimum atomic E-state index is -0.101. The van der Waals surface area contributed by atoms with Crippen LogP contribution in [0.1, 0.15) is 51.0 Å². The number of hydrogen-bond acceptors (Lipinski definition) is 2. The summed E-state index contributed by atoms with van der Waals surface area (Å²) in [5.41, 5.74) is 7.42. The van der Waals surface area contributed by atoms with Crippen molar-refractivity contribution < 1.29 is 0 Å². The average Bonchev–Trinajstić information content (AvgIpc) is 2.37. The molecule has 1 fully saturated rings. The van der Waals surface area contributed by atoms with E-state index in [0.717, 1.165) is 12.5 Å². The van der Waals surface area contributed by atoms with E-state index in [9.17, 15) is 0 Å². The molecular formula is C16H26N2. The fraction of sp³-hybridized carbons (Fsp3) is 0.625. The van der Waals surface area contributed by atoms with Crippen LogP contribution in [-0.4, -0.2) is 18.1 Å². The molecule has 3 N–H and O–H groups in total. The molecule has 0 spiro atoms. The lowest BCUT2D eigenvalue weighted by molar-refractivity contribution is 0.320. The quantitative estimate of drug-likeness (QED) is 0.857. The summed E-state index contributed by atoms with van der Waals surface area (Å²) in [5, 5.41) is 3.61. The Bertz CT molecular complexity index is 345. The van der Waals surface area contributed by atoms with E-state index in [1.165, 1.54) is 31.2 Å². The molecule has 1 aromatic rings. The molecule has 2 nitrogen and oxygen atoms in total. The second-order valence-corrected chi connectivity index (χ2v) is 6.33. The van der Waals surface area contributed by atoms with Crippen molar-refractivity contribution >= 4 is 0 Å². The first kappa shape index (κ1) is 13.6. The summed E-state index contributed by atoms with van der Waals surface area (Å²) in [4.78, 5) is 0. The largest absolute Gasteiger partial charge is 0.324 e. The first-order valence-corrected chi connectivity index (χ1v) is 7.12. The predicted molar refractivity (Wildman–Crippen MR) is 77.7 cm³/mol. The fourth-order valence-corrected chi connectivity index (χ4v) is 2.76. The Morgan fingerprint density at radius 3 is 2.28 bits per heavy atom. The van der Waals surface area contributed by atoms with Crippen molar-refractivity contribution in [1.29, 1.82) is 0 Å². The van der Waals surface area contributed by atoms with E-state index >= 15 is 0 Å². The van der Waals surface area contributed by atoms with Gasteiger partial charge < -0.3 is 11.1 Å². The van der Waals surface area contributed by atoms with Crippen LogP contribution in [0.25, 0.3) is 0 Å². The van der Waals surface area contributed by atoms with Crippen LogP contribution in [0.15, 0.2) is 30.3 Å². The molecule has 0 amide bonds. The molecule has 2 heteroatoms. The Kier molecular flexibility index (Phi) is 4.41. The zero-order valence-electron chi connectivity index (χ0n) is 11.7. The van der Waals surface area contributed by atoms with Gasteiger partial charge in [-0.3, -0.25) is 0 Å². The summed E-state index contributed by atoms with van der Waals surface area (Å²) in [6, 6.07) is 11.6. The number of hydrogen-bond donors (Lipinski definition) is 2. The van der Waals surface area contributed by atoms with Crippen LogP contribution < -0.4 is 11.1 Å². The van der Waals surface area contributed by atoms with Crippen LogP contribution >= 0.6 is 0 Å². The predicted octanol–water partition coefficient (Wildman–Crippen LogP) is 3.04. The second kappa shape index (κ2) is 5.85. The number of nitrogens with one attached hydrogen (secondary N) is 1. The Morgan fingerprint density at radius 1 is 1.11 bits per heavy atom. The molecule has 18 heavy (non-hydrogen) atoms. The van der Waals surface area contributed by atoms with Gasteiger partial charge in [-0.05, 0) is 51.0 Å². The number of benzene rings is 1. The van der Waals surface area contributed by atoms with E-state index in [1.54, 1.807) is 0 Å². The van der Waals surface area contributed by atoms with Gasteiger partial charge in [0.25, 0.3) is 0 Å². The molecule has 0 radical (unpaired) electrons. The van der Waals surface area contributed by atoms with Crippen LogP contribution in [0.4, 0.5) is 0 Å². The van der Waals surface area contributed by atoms with E-state index in [4.69, 9.17) is 5.73 Å². The smallest absolute Gasteiger partial charge is 0.0223 e. The normalized spacial score (nSPS) is 25.1. The van der Waals surface area contributed by atoms with Crippen molar-refractivity contribution in [2.45, 2.75) is 57.0 Å². The van der Waals surface area contributed by atoms with Gasteiger partial charge in [-0.25, -0.2) is 0 Å². The molecule has 1 aromatic carbocycles. The highest BCUT2D eigenvalue weighted by Crippen LogP contribution is 2.32. The van der Waals surface area contributed by atoms with Crippen molar-refractivity contribution in [3.63, 3.8) is 0 Å². The molecule has 100 valence electrons. The van der Waals surface area contributed by atoms with Gasteiger partial charge >= 0.3 is 0 Å². The van der Waals surface area contributed by atoms with Gasteiger partial charge in [0.15, 0.2) is 0 Å². The summed E-state index contributed by atoms with van der Waals surface area (Å²) in [6.07, 6.45) is 5.14. The first-order valence-electron chi connectivity index (χ1n) is 7.12. The highest BCUT2D eigenvalue weighted by molar-refractivity contribution is 5.20. The van der Waals surface area contributed by atoms with Gasteiger partial charge in [-0.2, -0.15) is 0 Å². The SMILES string of the molecule is CC(C)(N)CNC1CCC(c2ccccc2)CC1. The minimum absolute atomic E-state index is 0.101. The first-order chi connectivity index (χ1) is 8.54. The van der Waals surface area contributed by atoms with Crippen molar-refractivity contribution in [2.75, 3.05) is 6.54 Å². The van der Waals surface area contributed by atoms with Gasteiger partial charge in [-0.15, -0.1) is 0 Å². The van der Waals surface area contributed by atoms with E-state index in [-0.39, 0.29) is 5.54 Å². The van der Waals surface area contributed by atoms with Crippen molar-refractivity contribution in [3.05, 3.63) is 35.9 Å². The fourth-order valence-electron chi connectivity index (χ4n) is 2.76. The highest BCUT2D eigenvalue weighted by Gasteiger charge is 2.23. The van der Waals surface area contributed by atoms with Crippen LogP contribution in [0.2, 0.25) is 0 Å². The maximum absolute atomic E-state index is 6.01. The molecule has 2 rings (SSSR count). The lowest BCUT2D eigenvalue weighted by Gasteiger charge is -2.31. The molecule has 0 heterocycles. The van der Waals surface area contributed by atoms with Gasteiger partial charge in [0.05, 0.1) is 0 Å². The van der Waals surface area contributed by atoms with Crippen molar-refractivity contribution in [1.82, 2.24) is 5.32 Å². The van der Waals surface area contributed by atoms with Gasteiger partial charge in [0, 0.05) is 18.1 Å². The van der Waals surface area contributed by atoms with Crippen LogP contribution in [-0.2, 0) is 0 Å². The van der Waals surface area contributed by atoms with E-state index in [2.05, 4.69) is 49.5 Å². The molecule has 0 saturated heterocycles. The monoisotopic (exact) mass is 246 g/mol. The molecule has 1 aliphatic rings. The third-order valence-corrected chi connectivity index (χ3v) is 3.84. The molecule has 1 aliphatic carbocycles. The summed E-state index contributed by atoms with van der Waals surface area (Å²) in [6.45, 7) is 5.07. The Labute approximate surface area is 111 Å². The molecule has 0 bridgehead atoms. The third-order valence-electron chi connectivity index (χ3n) is 3.84. The van der Waals surface area contributed by atoms with E-state index < -0.39 is 0 Å². The molecular weight excluding hydrogens is 220 g/mol. The van der Waals surface area contributed by atoms with Crippen LogP contribution in [0, 0.1) is 0 Å². The molecule has 0 aromatic heterocycles. The summed E-state index contributed by atoms with van der Waals surface area (Å²) in [5.74, 6) is 0.759. The molecule has 0 aliphatic heterocycles.